The summed E-state index contributed by atoms with van der Waals surface area (Å²) in [5.41, 5.74) is 4.40. The Morgan fingerprint density at radius 1 is 1.05 bits per heavy atom. The SMILES string of the molecule is NNC(c1cccc2ccncc12)C1CCCCCCC1. The molecule has 21 heavy (non-hydrogen) atoms. The van der Waals surface area contributed by atoms with Gasteiger partial charge in [0.2, 0.25) is 0 Å². The molecule has 0 amide bonds. The van der Waals surface area contributed by atoms with Crippen LogP contribution in [0.15, 0.2) is 36.7 Å². The highest BCUT2D eigenvalue weighted by molar-refractivity contribution is 5.85. The molecule has 1 aromatic heterocycles. The van der Waals surface area contributed by atoms with Gasteiger partial charge in [0.25, 0.3) is 0 Å². The molecule has 112 valence electrons. The van der Waals surface area contributed by atoms with E-state index >= 15 is 0 Å². The number of nitrogens with two attached hydrogens (primary N) is 1. The summed E-state index contributed by atoms with van der Waals surface area (Å²) >= 11 is 0. The van der Waals surface area contributed by atoms with Gasteiger partial charge in [0, 0.05) is 23.8 Å². The zero-order chi connectivity index (χ0) is 14.5. The number of hydrogen-bond donors (Lipinski definition) is 2. The number of hydrazine groups is 1. The third kappa shape index (κ3) is 3.25. The topological polar surface area (TPSA) is 50.9 Å². The number of pyridine rings is 1. The molecule has 3 rings (SSSR count). The van der Waals surface area contributed by atoms with Gasteiger partial charge in [-0.05, 0) is 35.8 Å². The van der Waals surface area contributed by atoms with E-state index in [4.69, 9.17) is 5.84 Å². The van der Waals surface area contributed by atoms with Crippen LogP contribution in [0.3, 0.4) is 0 Å². The highest BCUT2D eigenvalue weighted by Crippen LogP contribution is 2.35. The molecule has 1 aromatic carbocycles. The van der Waals surface area contributed by atoms with Crippen LogP contribution in [0.5, 0.6) is 0 Å². The molecule has 0 saturated heterocycles. The zero-order valence-electron chi connectivity index (χ0n) is 12.6. The third-order valence-electron chi connectivity index (χ3n) is 4.85. The van der Waals surface area contributed by atoms with E-state index in [0.29, 0.717) is 5.92 Å². The van der Waals surface area contributed by atoms with E-state index < -0.39 is 0 Å². The molecular weight excluding hydrogens is 258 g/mol. The van der Waals surface area contributed by atoms with Crippen LogP contribution in [-0.2, 0) is 0 Å². The van der Waals surface area contributed by atoms with E-state index in [0.717, 1.165) is 0 Å². The normalized spacial score (nSPS) is 19.1. The maximum absolute atomic E-state index is 5.95. The van der Waals surface area contributed by atoms with E-state index in [1.807, 2.05) is 12.4 Å². The number of fused-ring (bicyclic) bond motifs is 1. The largest absolute Gasteiger partial charge is 0.271 e. The molecule has 0 bridgehead atoms. The fourth-order valence-corrected chi connectivity index (χ4v) is 3.71. The minimum atomic E-state index is 0.232. The average molecular weight is 283 g/mol. The van der Waals surface area contributed by atoms with Crippen LogP contribution >= 0.6 is 0 Å². The highest BCUT2D eigenvalue weighted by atomic mass is 15.2. The summed E-state index contributed by atoms with van der Waals surface area (Å²) in [6, 6.07) is 8.78. The fraction of sp³-hybridized carbons (Fsp3) is 0.500. The number of nitrogens with zero attached hydrogens (tertiary/aromatic N) is 1. The van der Waals surface area contributed by atoms with Crippen molar-refractivity contribution < 1.29 is 0 Å². The monoisotopic (exact) mass is 283 g/mol. The third-order valence-corrected chi connectivity index (χ3v) is 4.85. The van der Waals surface area contributed by atoms with Crippen molar-refractivity contribution in [3.8, 4) is 0 Å². The molecular formula is C18H25N3. The van der Waals surface area contributed by atoms with Gasteiger partial charge < -0.3 is 0 Å². The number of hydrogen-bond acceptors (Lipinski definition) is 3. The Hall–Kier alpha value is -1.45. The number of rotatable bonds is 3. The second-order valence-corrected chi connectivity index (χ2v) is 6.19. The molecule has 0 spiro atoms. The summed E-state index contributed by atoms with van der Waals surface area (Å²) in [6.45, 7) is 0. The first kappa shape index (κ1) is 14.5. The summed E-state index contributed by atoms with van der Waals surface area (Å²) in [7, 11) is 0. The first-order valence-electron chi connectivity index (χ1n) is 8.19. The first-order chi connectivity index (χ1) is 10.4. The van der Waals surface area contributed by atoms with Crippen LogP contribution in [0.2, 0.25) is 0 Å². The maximum Gasteiger partial charge on any atom is 0.0494 e. The second kappa shape index (κ2) is 7.01. The zero-order valence-corrected chi connectivity index (χ0v) is 12.6. The molecule has 0 aliphatic heterocycles. The molecule has 1 unspecified atom stereocenters. The van der Waals surface area contributed by atoms with Crippen molar-refractivity contribution in [2.24, 2.45) is 11.8 Å². The van der Waals surface area contributed by atoms with Crippen LogP contribution in [0, 0.1) is 5.92 Å². The van der Waals surface area contributed by atoms with Crippen molar-refractivity contribution in [1.29, 1.82) is 0 Å². The summed E-state index contributed by atoms with van der Waals surface area (Å²) in [5, 5.41) is 2.47. The Balaban J connectivity index is 1.93. The molecule has 1 aliphatic rings. The lowest BCUT2D eigenvalue weighted by atomic mass is 9.82. The average Bonchev–Trinajstić information content (AvgIpc) is 2.50. The molecule has 3 nitrogen and oxygen atoms in total. The molecule has 1 heterocycles. The maximum atomic E-state index is 5.95. The molecule has 3 heteroatoms. The van der Waals surface area contributed by atoms with Gasteiger partial charge in [-0.3, -0.25) is 16.3 Å². The quantitative estimate of drug-likeness (QED) is 0.658. The van der Waals surface area contributed by atoms with Gasteiger partial charge in [0.1, 0.15) is 0 Å². The van der Waals surface area contributed by atoms with Crippen molar-refractivity contribution in [3.63, 3.8) is 0 Å². The van der Waals surface area contributed by atoms with Crippen molar-refractivity contribution in [2.45, 2.75) is 51.0 Å². The van der Waals surface area contributed by atoms with Crippen molar-refractivity contribution in [2.75, 3.05) is 0 Å². The Labute approximate surface area is 126 Å². The minimum absolute atomic E-state index is 0.232. The van der Waals surface area contributed by atoms with Gasteiger partial charge in [-0.15, -0.1) is 0 Å². The fourth-order valence-electron chi connectivity index (χ4n) is 3.71. The molecule has 1 atom stereocenters. The van der Waals surface area contributed by atoms with E-state index in [2.05, 4.69) is 34.7 Å². The Morgan fingerprint density at radius 2 is 1.81 bits per heavy atom. The van der Waals surface area contributed by atoms with Crippen LogP contribution in [0.4, 0.5) is 0 Å². The predicted molar refractivity (Wildman–Crippen MR) is 87.6 cm³/mol. The molecule has 1 aliphatic carbocycles. The number of benzene rings is 1. The summed E-state index contributed by atoms with van der Waals surface area (Å²) in [5.74, 6) is 6.57. The van der Waals surface area contributed by atoms with Crippen LogP contribution in [0.1, 0.15) is 56.6 Å². The van der Waals surface area contributed by atoms with Gasteiger partial charge in [0.05, 0.1) is 0 Å². The summed E-state index contributed by atoms with van der Waals surface area (Å²) in [4.78, 5) is 4.30. The van der Waals surface area contributed by atoms with Gasteiger partial charge in [-0.2, -0.15) is 0 Å². The molecule has 3 N–H and O–H groups in total. The molecule has 0 radical (unpaired) electrons. The lowest BCUT2D eigenvalue weighted by Crippen LogP contribution is -2.34. The van der Waals surface area contributed by atoms with Gasteiger partial charge >= 0.3 is 0 Å². The first-order valence-corrected chi connectivity index (χ1v) is 8.19. The van der Waals surface area contributed by atoms with Crippen LogP contribution in [0.25, 0.3) is 10.8 Å². The van der Waals surface area contributed by atoms with Crippen molar-refractivity contribution >= 4 is 10.8 Å². The Kier molecular flexibility index (Phi) is 4.84. The highest BCUT2D eigenvalue weighted by Gasteiger charge is 2.24. The molecule has 1 saturated carbocycles. The van der Waals surface area contributed by atoms with Gasteiger partial charge in [-0.1, -0.05) is 50.3 Å². The lowest BCUT2D eigenvalue weighted by molar-refractivity contribution is 0.292. The van der Waals surface area contributed by atoms with Gasteiger partial charge in [-0.25, -0.2) is 0 Å². The van der Waals surface area contributed by atoms with E-state index in [9.17, 15) is 0 Å². The molecule has 1 fully saturated rings. The summed E-state index contributed by atoms with van der Waals surface area (Å²) in [6.07, 6.45) is 13.1. The predicted octanol–water partition coefficient (Wildman–Crippen LogP) is 4.10. The van der Waals surface area contributed by atoms with E-state index in [1.54, 1.807) is 0 Å². The second-order valence-electron chi connectivity index (χ2n) is 6.19. The Bertz CT molecular complexity index is 568. The smallest absolute Gasteiger partial charge is 0.0494 e. The van der Waals surface area contributed by atoms with Crippen molar-refractivity contribution in [1.82, 2.24) is 10.4 Å². The summed E-state index contributed by atoms with van der Waals surface area (Å²) < 4.78 is 0. The minimum Gasteiger partial charge on any atom is -0.271 e. The number of nitrogens with one attached hydrogen (secondary N) is 1. The lowest BCUT2D eigenvalue weighted by Gasteiger charge is -2.29. The van der Waals surface area contributed by atoms with E-state index in [-0.39, 0.29) is 6.04 Å². The Morgan fingerprint density at radius 3 is 2.57 bits per heavy atom. The van der Waals surface area contributed by atoms with Gasteiger partial charge in [0.15, 0.2) is 0 Å². The van der Waals surface area contributed by atoms with Crippen LogP contribution < -0.4 is 11.3 Å². The standard InChI is InChI=1S/C18H25N3/c19-21-18(15-7-4-2-1-3-5-8-15)16-10-6-9-14-11-12-20-13-17(14)16/h6,9-13,15,18,21H,1-5,7-8,19H2. The molecule has 2 aromatic rings. The van der Waals surface area contributed by atoms with Crippen LogP contribution in [-0.4, -0.2) is 4.98 Å². The number of aromatic nitrogens is 1. The van der Waals surface area contributed by atoms with Crippen molar-refractivity contribution in [3.05, 3.63) is 42.2 Å². The van der Waals surface area contributed by atoms with E-state index in [1.165, 1.54) is 61.3 Å².